The van der Waals surface area contributed by atoms with E-state index in [-0.39, 0.29) is 18.0 Å². The van der Waals surface area contributed by atoms with E-state index >= 15 is 0 Å². The second kappa shape index (κ2) is 9.75. The summed E-state index contributed by atoms with van der Waals surface area (Å²) in [6, 6.07) is 20.1. The van der Waals surface area contributed by atoms with Crippen LogP contribution in [0.4, 0.5) is 16.2 Å². The molecular weight excluding hydrogens is 424 g/mol. The molecule has 0 saturated heterocycles. The van der Waals surface area contributed by atoms with Crippen molar-refractivity contribution in [3.05, 3.63) is 94.0 Å². The van der Waals surface area contributed by atoms with Crippen LogP contribution in [0, 0.1) is 0 Å². The van der Waals surface area contributed by atoms with Crippen molar-refractivity contribution in [1.29, 1.82) is 0 Å². The number of carbonyl (C=O) groups excluding carboxylic acids is 2. The minimum Gasteiger partial charge on any atom is -0.397 e. The van der Waals surface area contributed by atoms with Gasteiger partial charge in [-0.15, -0.1) is 0 Å². The standard InChI is InChI=1S/C25H25ClN4O2/c26-19-9-5-16(6-10-19)13-14-28-25(32)30-22-12-8-17-15-18(7-11-20(17)22)24(31)29-23-4-2-1-3-21(23)27/h1-7,9-11,15,22H,8,12-14,27H2,(H,29,31)(H2,28,30,32). The lowest BCUT2D eigenvalue weighted by Crippen LogP contribution is -2.38. The van der Waals surface area contributed by atoms with E-state index in [1.165, 1.54) is 0 Å². The fraction of sp³-hybridized carbons (Fsp3) is 0.200. The molecule has 7 heteroatoms. The average molecular weight is 449 g/mol. The summed E-state index contributed by atoms with van der Waals surface area (Å²) in [5, 5.41) is 9.49. The van der Waals surface area contributed by atoms with Crippen molar-refractivity contribution in [3.8, 4) is 0 Å². The van der Waals surface area contributed by atoms with Gasteiger partial charge in [-0.2, -0.15) is 0 Å². The molecule has 0 radical (unpaired) electrons. The molecule has 0 bridgehead atoms. The monoisotopic (exact) mass is 448 g/mol. The van der Waals surface area contributed by atoms with Crippen LogP contribution < -0.4 is 21.7 Å². The summed E-state index contributed by atoms with van der Waals surface area (Å²) < 4.78 is 0. The van der Waals surface area contributed by atoms with Gasteiger partial charge in [-0.25, -0.2) is 4.79 Å². The van der Waals surface area contributed by atoms with Gasteiger partial charge in [0.05, 0.1) is 17.4 Å². The normalized spacial score (nSPS) is 14.5. The molecule has 1 aliphatic rings. The molecule has 3 amide bonds. The molecule has 1 aliphatic carbocycles. The molecule has 1 unspecified atom stereocenters. The number of para-hydroxylation sites is 2. The van der Waals surface area contributed by atoms with Gasteiger partial charge in [-0.05, 0) is 72.4 Å². The average Bonchev–Trinajstić information content (AvgIpc) is 3.18. The second-order valence-electron chi connectivity index (χ2n) is 7.82. The quantitative estimate of drug-likeness (QED) is 0.411. The summed E-state index contributed by atoms with van der Waals surface area (Å²) in [6.45, 7) is 0.536. The van der Waals surface area contributed by atoms with Gasteiger partial charge in [0.1, 0.15) is 0 Å². The molecule has 0 aliphatic heterocycles. The Morgan fingerprint density at radius 1 is 1.03 bits per heavy atom. The topological polar surface area (TPSA) is 96.2 Å². The molecule has 0 aromatic heterocycles. The van der Waals surface area contributed by atoms with Crippen LogP contribution in [0.3, 0.4) is 0 Å². The summed E-state index contributed by atoms with van der Waals surface area (Å²) in [6.07, 6.45) is 2.34. The van der Waals surface area contributed by atoms with E-state index < -0.39 is 0 Å². The Morgan fingerprint density at radius 3 is 2.59 bits per heavy atom. The number of nitrogens with one attached hydrogen (secondary N) is 3. The number of rotatable bonds is 6. The van der Waals surface area contributed by atoms with Gasteiger partial charge in [0.15, 0.2) is 0 Å². The molecule has 5 N–H and O–H groups in total. The third kappa shape index (κ3) is 5.21. The third-order valence-corrected chi connectivity index (χ3v) is 5.86. The number of fused-ring (bicyclic) bond motifs is 1. The van der Waals surface area contributed by atoms with Crippen molar-refractivity contribution in [2.75, 3.05) is 17.6 Å². The summed E-state index contributed by atoms with van der Waals surface area (Å²) in [7, 11) is 0. The molecule has 6 nitrogen and oxygen atoms in total. The SMILES string of the molecule is Nc1ccccc1NC(=O)c1ccc2c(c1)CCC2NC(=O)NCCc1ccc(Cl)cc1. The number of halogens is 1. The Bertz CT molecular complexity index is 1130. The molecule has 3 aromatic carbocycles. The number of carbonyl (C=O) groups is 2. The van der Waals surface area contributed by atoms with E-state index in [9.17, 15) is 9.59 Å². The van der Waals surface area contributed by atoms with E-state index in [4.69, 9.17) is 17.3 Å². The molecule has 3 aromatic rings. The Balaban J connectivity index is 1.32. The maximum Gasteiger partial charge on any atom is 0.315 e. The largest absolute Gasteiger partial charge is 0.397 e. The number of urea groups is 1. The predicted octanol–water partition coefficient (Wildman–Crippen LogP) is 4.70. The maximum atomic E-state index is 12.6. The zero-order valence-electron chi connectivity index (χ0n) is 17.5. The van der Waals surface area contributed by atoms with Crippen LogP contribution in [-0.4, -0.2) is 18.5 Å². The van der Waals surface area contributed by atoms with Crippen LogP contribution in [0.15, 0.2) is 66.7 Å². The second-order valence-corrected chi connectivity index (χ2v) is 8.26. The fourth-order valence-electron chi connectivity index (χ4n) is 3.89. The number of nitrogens with two attached hydrogens (primary N) is 1. The Labute approximate surface area is 192 Å². The maximum absolute atomic E-state index is 12.6. The lowest BCUT2D eigenvalue weighted by molar-refractivity contribution is 0.102. The molecule has 0 saturated carbocycles. The zero-order valence-corrected chi connectivity index (χ0v) is 18.3. The lowest BCUT2D eigenvalue weighted by Gasteiger charge is -2.15. The predicted molar refractivity (Wildman–Crippen MR) is 128 cm³/mol. The molecule has 0 spiro atoms. The van der Waals surface area contributed by atoms with E-state index in [1.54, 1.807) is 18.2 Å². The highest BCUT2D eigenvalue weighted by Crippen LogP contribution is 2.32. The van der Waals surface area contributed by atoms with Crippen LogP contribution in [0.5, 0.6) is 0 Å². The summed E-state index contributed by atoms with van der Waals surface area (Å²) in [5.74, 6) is -0.206. The van der Waals surface area contributed by atoms with Crippen molar-refractivity contribution >= 4 is 34.9 Å². The van der Waals surface area contributed by atoms with Crippen LogP contribution in [0.2, 0.25) is 5.02 Å². The smallest absolute Gasteiger partial charge is 0.315 e. The van der Waals surface area contributed by atoms with Gasteiger partial charge in [-0.3, -0.25) is 4.79 Å². The lowest BCUT2D eigenvalue weighted by atomic mass is 10.0. The number of hydrogen-bond acceptors (Lipinski definition) is 3. The van der Waals surface area contributed by atoms with Gasteiger partial charge in [0, 0.05) is 17.1 Å². The zero-order chi connectivity index (χ0) is 22.5. The molecular formula is C25H25ClN4O2. The van der Waals surface area contributed by atoms with E-state index in [1.807, 2.05) is 48.5 Å². The van der Waals surface area contributed by atoms with Crippen molar-refractivity contribution < 1.29 is 9.59 Å². The molecule has 164 valence electrons. The van der Waals surface area contributed by atoms with E-state index in [2.05, 4.69) is 16.0 Å². The molecule has 1 atom stereocenters. The van der Waals surface area contributed by atoms with Crippen molar-refractivity contribution in [2.45, 2.75) is 25.3 Å². The van der Waals surface area contributed by atoms with Crippen molar-refractivity contribution in [3.63, 3.8) is 0 Å². The van der Waals surface area contributed by atoms with Gasteiger partial charge in [0.25, 0.3) is 5.91 Å². The summed E-state index contributed by atoms with van der Waals surface area (Å²) in [4.78, 5) is 25.0. The van der Waals surface area contributed by atoms with Gasteiger partial charge in [-0.1, -0.05) is 41.9 Å². The van der Waals surface area contributed by atoms with Crippen LogP contribution in [0.25, 0.3) is 0 Å². The molecule has 32 heavy (non-hydrogen) atoms. The number of amides is 3. The van der Waals surface area contributed by atoms with Crippen LogP contribution in [-0.2, 0) is 12.8 Å². The van der Waals surface area contributed by atoms with Crippen LogP contribution >= 0.6 is 11.6 Å². The molecule has 0 heterocycles. The first-order chi connectivity index (χ1) is 15.5. The van der Waals surface area contributed by atoms with E-state index in [0.717, 1.165) is 36.0 Å². The van der Waals surface area contributed by atoms with Gasteiger partial charge < -0.3 is 21.7 Å². The third-order valence-electron chi connectivity index (χ3n) is 5.61. The van der Waals surface area contributed by atoms with Crippen molar-refractivity contribution in [1.82, 2.24) is 10.6 Å². The van der Waals surface area contributed by atoms with Crippen molar-refractivity contribution in [2.24, 2.45) is 0 Å². The minimum absolute atomic E-state index is 0.0672. The number of aryl methyl sites for hydroxylation is 1. The van der Waals surface area contributed by atoms with E-state index in [0.29, 0.717) is 28.5 Å². The molecule has 0 fully saturated rings. The highest BCUT2D eigenvalue weighted by atomic mass is 35.5. The first-order valence-corrected chi connectivity index (χ1v) is 10.9. The fourth-order valence-corrected chi connectivity index (χ4v) is 4.02. The summed E-state index contributed by atoms with van der Waals surface area (Å²) >= 11 is 5.90. The number of hydrogen-bond donors (Lipinski definition) is 4. The Hall–Kier alpha value is -3.51. The number of nitrogen functional groups attached to an aromatic ring is 1. The first kappa shape index (κ1) is 21.7. The Morgan fingerprint density at radius 2 is 1.81 bits per heavy atom. The van der Waals surface area contributed by atoms with Gasteiger partial charge in [0.2, 0.25) is 0 Å². The highest BCUT2D eigenvalue weighted by molar-refractivity contribution is 6.30. The summed E-state index contributed by atoms with van der Waals surface area (Å²) in [5.41, 5.74) is 10.8. The van der Waals surface area contributed by atoms with Gasteiger partial charge >= 0.3 is 6.03 Å². The molecule has 4 rings (SSSR count). The Kier molecular flexibility index (Phi) is 6.61. The highest BCUT2D eigenvalue weighted by Gasteiger charge is 2.25. The number of benzene rings is 3. The first-order valence-electron chi connectivity index (χ1n) is 10.6. The minimum atomic E-state index is -0.206. The number of anilines is 2. The van der Waals surface area contributed by atoms with Crippen LogP contribution in [0.1, 0.15) is 39.5 Å².